The number of nitrogens with zero attached hydrogens (tertiary/aromatic N) is 5. The molecule has 0 spiro atoms. The van der Waals surface area contributed by atoms with Gasteiger partial charge in [0.15, 0.2) is 0 Å². The van der Waals surface area contributed by atoms with Crippen molar-refractivity contribution >= 4 is 11.8 Å². The van der Waals surface area contributed by atoms with Gasteiger partial charge in [0.05, 0.1) is 12.6 Å². The van der Waals surface area contributed by atoms with Gasteiger partial charge in [-0.1, -0.05) is 0 Å². The van der Waals surface area contributed by atoms with E-state index in [-0.39, 0.29) is 11.8 Å². The molecule has 1 aliphatic rings. The van der Waals surface area contributed by atoms with E-state index < -0.39 is 0 Å². The predicted molar refractivity (Wildman–Crippen MR) is 93.1 cm³/mol. The molecule has 7 nitrogen and oxygen atoms in total. The van der Waals surface area contributed by atoms with Gasteiger partial charge in [-0.15, -0.1) is 0 Å². The van der Waals surface area contributed by atoms with Crippen LogP contribution in [0.1, 0.15) is 27.4 Å². The first-order valence-electron chi connectivity index (χ1n) is 8.42. The van der Waals surface area contributed by atoms with Gasteiger partial charge in [-0.2, -0.15) is 0 Å². The molecule has 0 radical (unpaired) electrons. The van der Waals surface area contributed by atoms with Crippen molar-refractivity contribution in [3.63, 3.8) is 0 Å². The molecule has 25 heavy (non-hydrogen) atoms. The molecule has 0 saturated carbocycles. The zero-order valence-electron chi connectivity index (χ0n) is 14.9. The fraction of sp³-hybridized carbons (Fsp3) is 0.444. The van der Waals surface area contributed by atoms with Crippen molar-refractivity contribution in [3.05, 3.63) is 47.3 Å². The molecule has 0 unspecified atom stereocenters. The van der Waals surface area contributed by atoms with Crippen LogP contribution in [0.15, 0.2) is 24.7 Å². The van der Waals surface area contributed by atoms with Crippen LogP contribution >= 0.6 is 0 Å². The molecule has 2 aromatic rings. The average Bonchev–Trinajstić information content (AvgIpc) is 2.88. The van der Waals surface area contributed by atoms with Crippen LogP contribution in [-0.2, 0) is 18.3 Å². The molecule has 132 valence electrons. The minimum atomic E-state index is -0.130. The summed E-state index contributed by atoms with van der Waals surface area (Å²) in [5, 5.41) is 0. The first kappa shape index (κ1) is 17.1. The number of piperazine rings is 1. The van der Waals surface area contributed by atoms with Gasteiger partial charge in [-0.25, -0.2) is 4.98 Å². The van der Waals surface area contributed by atoms with Crippen LogP contribution in [0.2, 0.25) is 0 Å². The van der Waals surface area contributed by atoms with Crippen molar-refractivity contribution in [2.75, 3.05) is 26.2 Å². The second-order valence-corrected chi connectivity index (χ2v) is 6.40. The minimum absolute atomic E-state index is 0.111. The first-order valence-corrected chi connectivity index (χ1v) is 8.42. The highest BCUT2D eigenvalue weighted by Crippen LogP contribution is 2.15. The molecule has 1 saturated heterocycles. The molecule has 7 heteroatoms. The second-order valence-electron chi connectivity index (χ2n) is 6.40. The van der Waals surface area contributed by atoms with Crippen LogP contribution in [-0.4, -0.2) is 62.3 Å². The van der Waals surface area contributed by atoms with Gasteiger partial charge in [-0.3, -0.25) is 14.6 Å². The number of carbonyl (C=O) groups excluding carboxylic acids is 2. The maximum Gasteiger partial charge on any atom is 0.274 e. The standard InChI is InChI=1S/C18H23N5O2/c1-13-10-15(14(2)21(13)3)11-17(24)22-6-8-23(9-7-22)18(25)16-12-19-4-5-20-16/h4-5,10,12H,6-9,11H2,1-3H3. The van der Waals surface area contributed by atoms with Crippen molar-refractivity contribution in [2.45, 2.75) is 20.3 Å². The molecule has 0 atom stereocenters. The Bertz CT molecular complexity index is 776. The zero-order valence-corrected chi connectivity index (χ0v) is 14.9. The highest BCUT2D eigenvalue weighted by atomic mass is 16.2. The Morgan fingerprint density at radius 3 is 2.32 bits per heavy atom. The number of hydrogen-bond donors (Lipinski definition) is 0. The molecule has 2 aromatic heterocycles. The highest BCUT2D eigenvalue weighted by molar-refractivity contribution is 5.92. The summed E-state index contributed by atoms with van der Waals surface area (Å²) in [5.74, 6) is -0.0185. The van der Waals surface area contributed by atoms with E-state index >= 15 is 0 Å². The third-order valence-corrected chi connectivity index (χ3v) is 4.92. The predicted octanol–water partition coefficient (Wildman–Crippen LogP) is 0.959. The third kappa shape index (κ3) is 3.55. The van der Waals surface area contributed by atoms with Crippen molar-refractivity contribution in [3.8, 4) is 0 Å². The van der Waals surface area contributed by atoms with Crippen LogP contribution < -0.4 is 0 Å². The summed E-state index contributed by atoms with van der Waals surface area (Å²) in [5.41, 5.74) is 3.70. The molecule has 3 rings (SSSR count). The van der Waals surface area contributed by atoms with Crippen LogP contribution in [0.25, 0.3) is 0 Å². The van der Waals surface area contributed by atoms with Gasteiger partial charge in [0.2, 0.25) is 5.91 Å². The van der Waals surface area contributed by atoms with E-state index in [9.17, 15) is 9.59 Å². The summed E-state index contributed by atoms with van der Waals surface area (Å²) in [4.78, 5) is 36.5. The summed E-state index contributed by atoms with van der Waals surface area (Å²) in [6.45, 7) is 6.22. The molecule has 1 fully saturated rings. The van der Waals surface area contributed by atoms with Gasteiger partial charge in [-0.05, 0) is 25.5 Å². The normalized spacial score (nSPS) is 14.7. The summed E-state index contributed by atoms with van der Waals surface area (Å²) in [6, 6.07) is 2.07. The number of hydrogen-bond acceptors (Lipinski definition) is 4. The van der Waals surface area contributed by atoms with Gasteiger partial charge in [0, 0.05) is 57.0 Å². The number of rotatable bonds is 3. The van der Waals surface area contributed by atoms with Gasteiger partial charge < -0.3 is 14.4 Å². The average molecular weight is 341 g/mol. The molecule has 0 aliphatic carbocycles. The van der Waals surface area contributed by atoms with Crippen LogP contribution in [0.4, 0.5) is 0 Å². The molecule has 0 bridgehead atoms. The number of amides is 2. The van der Waals surface area contributed by atoms with Crippen LogP contribution in [0.3, 0.4) is 0 Å². The maximum atomic E-state index is 12.6. The molecule has 2 amide bonds. The molecular formula is C18H23N5O2. The minimum Gasteiger partial charge on any atom is -0.352 e. The van der Waals surface area contributed by atoms with E-state index in [1.54, 1.807) is 11.1 Å². The first-order chi connectivity index (χ1) is 12.0. The lowest BCUT2D eigenvalue weighted by Crippen LogP contribution is -2.51. The SMILES string of the molecule is Cc1cc(CC(=O)N2CCN(C(=O)c3cnccn3)CC2)c(C)n1C. The summed E-state index contributed by atoms with van der Waals surface area (Å²) in [6.07, 6.45) is 4.93. The van der Waals surface area contributed by atoms with Crippen molar-refractivity contribution < 1.29 is 9.59 Å². The monoisotopic (exact) mass is 341 g/mol. The topological polar surface area (TPSA) is 71.3 Å². The van der Waals surface area contributed by atoms with E-state index in [1.807, 2.05) is 25.8 Å². The fourth-order valence-corrected chi connectivity index (χ4v) is 3.12. The molecule has 3 heterocycles. The van der Waals surface area contributed by atoms with E-state index in [2.05, 4.69) is 20.6 Å². The molecular weight excluding hydrogens is 318 g/mol. The summed E-state index contributed by atoms with van der Waals surface area (Å²) < 4.78 is 2.10. The molecule has 0 N–H and O–H groups in total. The van der Waals surface area contributed by atoms with Gasteiger partial charge in [0.1, 0.15) is 5.69 Å². The number of aryl methyl sites for hydroxylation is 1. The number of carbonyl (C=O) groups is 2. The van der Waals surface area contributed by atoms with Crippen molar-refractivity contribution in [2.24, 2.45) is 7.05 Å². The van der Waals surface area contributed by atoms with Crippen LogP contribution in [0.5, 0.6) is 0 Å². The smallest absolute Gasteiger partial charge is 0.274 e. The Hall–Kier alpha value is -2.70. The quantitative estimate of drug-likeness (QED) is 0.834. The third-order valence-electron chi connectivity index (χ3n) is 4.92. The Balaban J connectivity index is 1.57. The van der Waals surface area contributed by atoms with Gasteiger partial charge in [0.25, 0.3) is 5.91 Å². The summed E-state index contributed by atoms with van der Waals surface area (Å²) in [7, 11) is 2.01. The maximum absolute atomic E-state index is 12.6. The highest BCUT2D eigenvalue weighted by Gasteiger charge is 2.26. The Morgan fingerprint density at radius 1 is 1.08 bits per heavy atom. The van der Waals surface area contributed by atoms with E-state index in [0.29, 0.717) is 38.3 Å². The van der Waals surface area contributed by atoms with E-state index in [1.165, 1.54) is 12.4 Å². The Labute approximate surface area is 147 Å². The van der Waals surface area contributed by atoms with Crippen molar-refractivity contribution in [1.82, 2.24) is 24.3 Å². The van der Waals surface area contributed by atoms with E-state index in [0.717, 1.165) is 17.0 Å². The van der Waals surface area contributed by atoms with Crippen LogP contribution in [0, 0.1) is 13.8 Å². The summed E-state index contributed by atoms with van der Waals surface area (Å²) >= 11 is 0. The fourth-order valence-electron chi connectivity index (χ4n) is 3.12. The Kier molecular flexibility index (Phi) is 4.83. The Morgan fingerprint density at radius 2 is 1.76 bits per heavy atom. The largest absolute Gasteiger partial charge is 0.352 e. The molecule has 1 aliphatic heterocycles. The van der Waals surface area contributed by atoms with E-state index in [4.69, 9.17) is 0 Å². The lowest BCUT2D eigenvalue weighted by molar-refractivity contribution is -0.131. The number of aromatic nitrogens is 3. The lowest BCUT2D eigenvalue weighted by atomic mass is 10.1. The molecule has 0 aromatic carbocycles. The lowest BCUT2D eigenvalue weighted by Gasteiger charge is -2.34. The second kappa shape index (κ2) is 7.04. The van der Waals surface area contributed by atoms with Crippen molar-refractivity contribution in [1.29, 1.82) is 0 Å². The zero-order chi connectivity index (χ0) is 18.0. The van der Waals surface area contributed by atoms with Gasteiger partial charge >= 0.3 is 0 Å².